The topological polar surface area (TPSA) is 29.3 Å². The molecule has 0 heterocycles. The molecule has 2 N–H and O–H groups in total. The van der Waals surface area contributed by atoms with E-state index in [4.69, 9.17) is 5.73 Å². The van der Waals surface area contributed by atoms with E-state index in [2.05, 4.69) is 49.2 Å². The Morgan fingerprint density at radius 3 is 2.27 bits per heavy atom. The van der Waals surface area contributed by atoms with Gasteiger partial charge in [0.15, 0.2) is 0 Å². The van der Waals surface area contributed by atoms with E-state index in [1.807, 2.05) is 6.92 Å². The predicted octanol–water partition coefficient (Wildman–Crippen LogP) is 2.07. The minimum Gasteiger partial charge on any atom is -0.327 e. The van der Waals surface area contributed by atoms with Crippen molar-refractivity contribution in [3.05, 3.63) is 35.9 Å². The fourth-order valence-corrected chi connectivity index (χ4v) is 1.92. The first-order valence-corrected chi connectivity index (χ1v) is 5.58. The van der Waals surface area contributed by atoms with E-state index in [1.165, 1.54) is 5.56 Å². The lowest BCUT2D eigenvalue weighted by Crippen LogP contribution is -2.34. The number of hydrogen-bond acceptors (Lipinski definition) is 2. The third-order valence-corrected chi connectivity index (χ3v) is 2.55. The molecule has 0 aliphatic heterocycles. The molecule has 0 bridgehead atoms. The molecule has 0 fully saturated rings. The summed E-state index contributed by atoms with van der Waals surface area (Å²) in [5.41, 5.74) is 7.16. The molecule has 1 aromatic carbocycles. The highest BCUT2D eigenvalue weighted by Crippen LogP contribution is 2.15. The second-order valence-electron chi connectivity index (χ2n) is 4.51. The summed E-state index contributed by atoms with van der Waals surface area (Å²) < 4.78 is 0. The van der Waals surface area contributed by atoms with Gasteiger partial charge in [-0.25, -0.2) is 0 Å². The monoisotopic (exact) mass is 206 g/mol. The van der Waals surface area contributed by atoms with Crippen molar-refractivity contribution in [3.8, 4) is 0 Å². The molecular formula is C13H22N2. The summed E-state index contributed by atoms with van der Waals surface area (Å²) in [5.74, 6) is 0.565. The van der Waals surface area contributed by atoms with Crippen LogP contribution in [0.4, 0.5) is 0 Å². The van der Waals surface area contributed by atoms with E-state index in [1.54, 1.807) is 0 Å². The van der Waals surface area contributed by atoms with Crippen molar-refractivity contribution in [1.29, 1.82) is 0 Å². The molecule has 2 unspecified atom stereocenters. The molecule has 1 aromatic rings. The normalized spacial score (nSPS) is 15.3. The minimum absolute atomic E-state index is 0.248. The predicted molar refractivity (Wildman–Crippen MR) is 66.0 cm³/mol. The first-order chi connectivity index (χ1) is 7.09. The lowest BCUT2D eigenvalue weighted by molar-refractivity contribution is 0.302. The number of nitrogens with zero attached hydrogens (tertiary/aromatic N) is 1. The van der Waals surface area contributed by atoms with Crippen LogP contribution < -0.4 is 5.73 Å². The first kappa shape index (κ1) is 12.2. The van der Waals surface area contributed by atoms with Crippen molar-refractivity contribution < 1.29 is 0 Å². The van der Waals surface area contributed by atoms with Crippen molar-refractivity contribution in [3.63, 3.8) is 0 Å². The molecule has 2 nitrogen and oxygen atoms in total. The molecule has 0 saturated heterocycles. The summed E-state index contributed by atoms with van der Waals surface area (Å²) in [4.78, 5) is 2.29. The van der Waals surface area contributed by atoms with Crippen LogP contribution in [-0.4, -0.2) is 31.1 Å². The number of hydrogen-bond donors (Lipinski definition) is 1. The van der Waals surface area contributed by atoms with Crippen LogP contribution in [0.2, 0.25) is 0 Å². The molecule has 0 aliphatic rings. The van der Waals surface area contributed by atoms with Crippen LogP contribution in [0.15, 0.2) is 30.3 Å². The summed E-state index contributed by atoms with van der Waals surface area (Å²) in [6.45, 7) is 6.32. The molecule has 0 saturated carbocycles. The Labute approximate surface area is 93.1 Å². The van der Waals surface area contributed by atoms with Crippen molar-refractivity contribution in [1.82, 2.24) is 4.90 Å². The number of benzene rings is 1. The van der Waals surface area contributed by atoms with Crippen LogP contribution in [-0.2, 0) is 0 Å². The summed E-state index contributed by atoms with van der Waals surface area (Å²) in [7, 11) is 2.13. The lowest BCUT2D eigenvalue weighted by atomic mass is 10.0. The minimum atomic E-state index is 0.248. The standard InChI is InChI=1S/C13H22N2/c1-11(9-15(3)10-12(2)14)13-7-5-4-6-8-13/h4-8,11-12H,9-10,14H2,1-3H3. The molecule has 2 atom stereocenters. The van der Waals surface area contributed by atoms with Gasteiger partial charge >= 0.3 is 0 Å². The number of likely N-dealkylation sites (N-methyl/N-ethyl adjacent to an activating group) is 1. The highest BCUT2D eigenvalue weighted by atomic mass is 15.1. The molecule has 0 amide bonds. The van der Waals surface area contributed by atoms with E-state index < -0.39 is 0 Å². The first-order valence-electron chi connectivity index (χ1n) is 5.58. The van der Waals surface area contributed by atoms with Gasteiger partial charge in [-0.2, -0.15) is 0 Å². The quantitative estimate of drug-likeness (QED) is 0.799. The molecule has 1 rings (SSSR count). The van der Waals surface area contributed by atoms with Crippen LogP contribution in [0.5, 0.6) is 0 Å². The van der Waals surface area contributed by atoms with Gasteiger partial charge in [0.1, 0.15) is 0 Å². The molecule has 0 aromatic heterocycles. The van der Waals surface area contributed by atoms with Gasteiger partial charge in [-0.05, 0) is 25.5 Å². The van der Waals surface area contributed by atoms with Gasteiger partial charge in [0, 0.05) is 19.1 Å². The molecule has 0 aliphatic carbocycles. The second kappa shape index (κ2) is 5.89. The van der Waals surface area contributed by atoms with Crippen molar-refractivity contribution in [2.75, 3.05) is 20.1 Å². The van der Waals surface area contributed by atoms with Gasteiger partial charge in [0.25, 0.3) is 0 Å². The third kappa shape index (κ3) is 4.45. The van der Waals surface area contributed by atoms with Crippen LogP contribution in [0, 0.1) is 0 Å². The Balaban J connectivity index is 2.45. The van der Waals surface area contributed by atoms with Gasteiger partial charge in [-0.3, -0.25) is 0 Å². The van der Waals surface area contributed by atoms with E-state index in [0.717, 1.165) is 13.1 Å². The van der Waals surface area contributed by atoms with Gasteiger partial charge in [0.05, 0.1) is 0 Å². The summed E-state index contributed by atoms with van der Waals surface area (Å²) in [5, 5.41) is 0. The van der Waals surface area contributed by atoms with Crippen molar-refractivity contribution in [2.24, 2.45) is 5.73 Å². The molecule has 2 heteroatoms. The smallest absolute Gasteiger partial charge is 0.0139 e. The third-order valence-electron chi connectivity index (χ3n) is 2.55. The zero-order chi connectivity index (χ0) is 11.3. The number of nitrogens with two attached hydrogens (primary N) is 1. The second-order valence-corrected chi connectivity index (χ2v) is 4.51. The van der Waals surface area contributed by atoms with E-state index >= 15 is 0 Å². The average molecular weight is 206 g/mol. The van der Waals surface area contributed by atoms with Crippen LogP contribution >= 0.6 is 0 Å². The number of rotatable bonds is 5. The maximum atomic E-state index is 5.77. The Morgan fingerprint density at radius 2 is 1.73 bits per heavy atom. The molecular weight excluding hydrogens is 184 g/mol. The molecule has 15 heavy (non-hydrogen) atoms. The Hall–Kier alpha value is -0.860. The zero-order valence-corrected chi connectivity index (χ0v) is 9.98. The molecule has 84 valence electrons. The van der Waals surface area contributed by atoms with E-state index in [9.17, 15) is 0 Å². The average Bonchev–Trinajstić information content (AvgIpc) is 2.17. The summed E-state index contributed by atoms with van der Waals surface area (Å²) >= 11 is 0. The highest BCUT2D eigenvalue weighted by Gasteiger charge is 2.09. The van der Waals surface area contributed by atoms with Gasteiger partial charge < -0.3 is 10.6 Å². The summed E-state index contributed by atoms with van der Waals surface area (Å²) in [6, 6.07) is 10.9. The Bertz CT molecular complexity index is 269. The highest BCUT2D eigenvalue weighted by molar-refractivity contribution is 5.18. The lowest BCUT2D eigenvalue weighted by Gasteiger charge is -2.23. The van der Waals surface area contributed by atoms with E-state index in [-0.39, 0.29) is 6.04 Å². The van der Waals surface area contributed by atoms with Crippen molar-refractivity contribution >= 4 is 0 Å². The summed E-state index contributed by atoms with van der Waals surface area (Å²) in [6.07, 6.45) is 0. The van der Waals surface area contributed by atoms with Gasteiger partial charge in [0.2, 0.25) is 0 Å². The molecule has 0 radical (unpaired) electrons. The fourth-order valence-electron chi connectivity index (χ4n) is 1.92. The maximum absolute atomic E-state index is 5.77. The maximum Gasteiger partial charge on any atom is 0.0139 e. The van der Waals surface area contributed by atoms with Crippen LogP contribution in [0.25, 0.3) is 0 Å². The zero-order valence-electron chi connectivity index (χ0n) is 9.98. The SMILES string of the molecule is CC(N)CN(C)CC(C)c1ccccc1. The van der Waals surface area contributed by atoms with E-state index in [0.29, 0.717) is 5.92 Å². The fraction of sp³-hybridized carbons (Fsp3) is 0.538. The van der Waals surface area contributed by atoms with Gasteiger partial charge in [-0.1, -0.05) is 37.3 Å². The Morgan fingerprint density at radius 1 is 1.13 bits per heavy atom. The van der Waals surface area contributed by atoms with Crippen LogP contribution in [0.1, 0.15) is 25.3 Å². The van der Waals surface area contributed by atoms with Crippen molar-refractivity contribution in [2.45, 2.75) is 25.8 Å². The van der Waals surface area contributed by atoms with Gasteiger partial charge in [-0.15, -0.1) is 0 Å². The largest absolute Gasteiger partial charge is 0.327 e. The molecule has 0 spiro atoms. The van der Waals surface area contributed by atoms with Crippen LogP contribution in [0.3, 0.4) is 0 Å². The Kier molecular flexibility index (Phi) is 4.79.